The Labute approximate surface area is 154 Å². The van der Waals surface area contributed by atoms with Crippen LogP contribution in [0.3, 0.4) is 0 Å². The van der Waals surface area contributed by atoms with Crippen LogP contribution in [0.4, 0.5) is 0 Å². The van der Waals surface area contributed by atoms with Crippen molar-refractivity contribution in [2.75, 3.05) is 13.2 Å². The van der Waals surface area contributed by atoms with Gasteiger partial charge in [0.25, 0.3) is 0 Å². The fourth-order valence-corrected chi connectivity index (χ4v) is 2.76. The Kier molecular flexibility index (Phi) is 7.14. The number of halogens is 1. The predicted molar refractivity (Wildman–Crippen MR) is 100 cm³/mol. The zero-order chi connectivity index (χ0) is 18.2. The zero-order valence-corrected chi connectivity index (χ0v) is 15.6. The summed E-state index contributed by atoms with van der Waals surface area (Å²) in [5.41, 5.74) is 1.85. The van der Waals surface area contributed by atoms with Crippen molar-refractivity contribution in [3.05, 3.63) is 58.6 Å². The summed E-state index contributed by atoms with van der Waals surface area (Å²) < 4.78 is 11.2. The van der Waals surface area contributed by atoms with Crippen LogP contribution in [0.15, 0.2) is 42.5 Å². The minimum atomic E-state index is -0.137. The van der Waals surface area contributed by atoms with Crippen molar-refractivity contribution in [3.8, 4) is 11.5 Å². The van der Waals surface area contributed by atoms with E-state index in [1.54, 1.807) is 12.1 Å². The van der Waals surface area contributed by atoms with Gasteiger partial charge in [-0.3, -0.25) is 4.79 Å². The van der Waals surface area contributed by atoms with E-state index in [2.05, 4.69) is 5.32 Å². The number of carbonyl (C=O) groups excluding carboxylic acids is 1. The lowest BCUT2D eigenvalue weighted by molar-refractivity contribution is -0.121. The third-order valence-electron chi connectivity index (χ3n) is 3.70. The molecule has 2 aromatic rings. The number of hydrogen-bond acceptors (Lipinski definition) is 3. The molecule has 0 aliphatic heterocycles. The van der Waals surface area contributed by atoms with Gasteiger partial charge < -0.3 is 14.8 Å². The van der Waals surface area contributed by atoms with Crippen molar-refractivity contribution in [2.45, 2.75) is 33.2 Å². The molecule has 4 nitrogen and oxygen atoms in total. The lowest BCUT2D eigenvalue weighted by Gasteiger charge is -2.17. The van der Waals surface area contributed by atoms with Crippen molar-refractivity contribution in [2.24, 2.45) is 0 Å². The number of carbonyl (C=O) groups is 1. The SMILES string of the molecule is CCOc1ccc([C@H](C)NC(=O)Cc2cccc(Cl)c2)cc1OCC. The Morgan fingerprint density at radius 1 is 1.08 bits per heavy atom. The molecule has 2 aromatic carbocycles. The molecule has 0 radical (unpaired) electrons. The van der Waals surface area contributed by atoms with Crippen LogP contribution in [0.5, 0.6) is 11.5 Å². The standard InChI is InChI=1S/C20H24ClNO3/c1-4-24-18-10-9-16(13-19(18)25-5-2)14(3)22-20(23)12-15-7-6-8-17(21)11-15/h6-11,13-14H,4-5,12H2,1-3H3,(H,22,23)/t14-/m0/s1. The van der Waals surface area contributed by atoms with Crippen LogP contribution in [0.1, 0.15) is 37.9 Å². The van der Waals surface area contributed by atoms with Gasteiger partial charge in [0.1, 0.15) is 0 Å². The maximum Gasteiger partial charge on any atom is 0.224 e. The largest absolute Gasteiger partial charge is 0.490 e. The average Bonchev–Trinajstić information content (AvgIpc) is 2.56. The summed E-state index contributed by atoms with van der Waals surface area (Å²) in [6.45, 7) is 6.94. The van der Waals surface area contributed by atoms with Gasteiger partial charge >= 0.3 is 0 Å². The molecule has 1 atom stereocenters. The second-order valence-electron chi connectivity index (χ2n) is 5.67. The lowest BCUT2D eigenvalue weighted by atomic mass is 10.1. The molecular weight excluding hydrogens is 338 g/mol. The van der Waals surface area contributed by atoms with Gasteiger partial charge in [0.15, 0.2) is 11.5 Å². The fraction of sp³-hybridized carbons (Fsp3) is 0.350. The molecule has 0 aliphatic carbocycles. The van der Waals surface area contributed by atoms with E-state index in [1.165, 1.54) is 0 Å². The summed E-state index contributed by atoms with van der Waals surface area (Å²) in [6.07, 6.45) is 0.292. The number of benzene rings is 2. The summed E-state index contributed by atoms with van der Waals surface area (Å²) >= 11 is 5.96. The van der Waals surface area contributed by atoms with E-state index in [4.69, 9.17) is 21.1 Å². The maximum atomic E-state index is 12.3. The van der Waals surface area contributed by atoms with Crippen molar-refractivity contribution in [1.82, 2.24) is 5.32 Å². The van der Waals surface area contributed by atoms with Gasteiger partial charge in [0.2, 0.25) is 5.91 Å². The summed E-state index contributed by atoms with van der Waals surface area (Å²) in [6, 6.07) is 12.9. The molecular formula is C20H24ClNO3. The summed E-state index contributed by atoms with van der Waals surface area (Å²) in [4.78, 5) is 12.3. The summed E-state index contributed by atoms with van der Waals surface area (Å²) in [5, 5.41) is 3.64. The quantitative estimate of drug-likeness (QED) is 0.749. The molecule has 0 aliphatic rings. The van der Waals surface area contributed by atoms with Crippen molar-refractivity contribution >= 4 is 17.5 Å². The molecule has 25 heavy (non-hydrogen) atoms. The number of rotatable bonds is 8. The average molecular weight is 362 g/mol. The van der Waals surface area contributed by atoms with Crippen LogP contribution in [0.2, 0.25) is 5.02 Å². The summed E-state index contributed by atoms with van der Waals surface area (Å²) in [7, 11) is 0. The molecule has 0 spiro atoms. The first-order valence-corrected chi connectivity index (χ1v) is 8.84. The van der Waals surface area contributed by atoms with Gasteiger partial charge in [0, 0.05) is 5.02 Å². The highest BCUT2D eigenvalue weighted by Gasteiger charge is 2.13. The van der Waals surface area contributed by atoms with Crippen LogP contribution in [0.25, 0.3) is 0 Å². The first-order valence-electron chi connectivity index (χ1n) is 8.46. The monoisotopic (exact) mass is 361 g/mol. The van der Waals surface area contributed by atoms with Crippen LogP contribution in [0, 0.1) is 0 Å². The predicted octanol–water partition coefficient (Wildman–Crippen LogP) is 4.56. The number of amides is 1. The minimum Gasteiger partial charge on any atom is -0.490 e. The van der Waals surface area contributed by atoms with E-state index >= 15 is 0 Å². The smallest absolute Gasteiger partial charge is 0.224 e. The molecule has 0 aromatic heterocycles. The Hall–Kier alpha value is -2.20. The van der Waals surface area contributed by atoms with E-state index in [0.717, 1.165) is 11.1 Å². The second-order valence-corrected chi connectivity index (χ2v) is 6.10. The van der Waals surface area contributed by atoms with Gasteiger partial charge in [-0.25, -0.2) is 0 Å². The highest BCUT2D eigenvalue weighted by molar-refractivity contribution is 6.30. The van der Waals surface area contributed by atoms with Gasteiger partial charge in [-0.15, -0.1) is 0 Å². The van der Waals surface area contributed by atoms with E-state index < -0.39 is 0 Å². The minimum absolute atomic E-state index is 0.0541. The van der Waals surface area contributed by atoms with Gasteiger partial charge in [-0.1, -0.05) is 29.8 Å². The summed E-state index contributed by atoms with van der Waals surface area (Å²) in [5.74, 6) is 1.35. The zero-order valence-electron chi connectivity index (χ0n) is 14.8. The van der Waals surface area contributed by atoms with Crippen LogP contribution < -0.4 is 14.8 Å². The number of nitrogens with one attached hydrogen (secondary N) is 1. The van der Waals surface area contributed by atoms with E-state index in [9.17, 15) is 4.79 Å². The highest BCUT2D eigenvalue weighted by Crippen LogP contribution is 2.30. The topological polar surface area (TPSA) is 47.6 Å². The Morgan fingerprint density at radius 2 is 1.80 bits per heavy atom. The first-order chi connectivity index (χ1) is 12.0. The highest BCUT2D eigenvalue weighted by atomic mass is 35.5. The molecule has 2 rings (SSSR count). The second kappa shape index (κ2) is 9.33. The maximum absolute atomic E-state index is 12.3. The van der Waals surface area contributed by atoms with Crippen LogP contribution in [-0.4, -0.2) is 19.1 Å². The third-order valence-corrected chi connectivity index (χ3v) is 3.93. The Bertz CT molecular complexity index is 718. The van der Waals surface area contributed by atoms with E-state index in [0.29, 0.717) is 36.2 Å². The van der Waals surface area contributed by atoms with E-state index in [-0.39, 0.29) is 11.9 Å². The molecule has 0 saturated heterocycles. The molecule has 134 valence electrons. The van der Waals surface area contributed by atoms with Crippen molar-refractivity contribution in [1.29, 1.82) is 0 Å². The molecule has 1 N–H and O–H groups in total. The van der Waals surface area contributed by atoms with Crippen molar-refractivity contribution in [3.63, 3.8) is 0 Å². The van der Waals surface area contributed by atoms with Crippen LogP contribution in [-0.2, 0) is 11.2 Å². The first kappa shape index (κ1) is 19.1. The third kappa shape index (κ3) is 5.68. The Balaban J connectivity index is 2.05. The molecule has 1 amide bonds. The molecule has 0 fully saturated rings. The Morgan fingerprint density at radius 3 is 2.48 bits per heavy atom. The van der Waals surface area contributed by atoms with Gasteiger partial charge in [-0.05, 0) is 56.2 Å². The van der Waals surface area contributed by atoms with Crippen molar-refractivity contribution < 1.29 is 14.3 Å². The van der Waals surface area contributed by atoms with E-state index in [1.807, 2.05) is 51.1 Å². The van der Waals surface area contributed by atoms with Gasteiger partial charge in [-0.2, -0.15) is 0 Å². The van der Waals surface area contributed by atoms with Gasteiger partial charge in [0.05, 0.1) is 25.7 Å². The van der Waals surface area contributed by atoms with Crippen LogP contribution >= 0.6 is 11.6 Å². The molecule has 5 heteroatoms. The molecule has 0 bridgehead atoms. The fourth-order valence-electron chi connectivity index (χ4n) is 2.55. The lowest BCUT2D eigenvalue weighted by Crippen LogP contribution is -2.28. The number of hydrogen-bond donors (Lipinski definition) is 1. The number of ether oxygens (including phenoxy) is 2. The molecule has 0 heterocycles. The normalized spacial score (nSPS) is 11.7. The molecule has 0 saturated carbocycles. The molecule has 0 unspecified atom stereocenters.